The van der Waals surface area contributed by atoms with E-state index in [1.807, 2.05) is 37.3 Å². The molecule has 0 fully saturated rings. The lowest BCUT2D eigenvalue weighted by Crippen LogP contribution is -2.44. The topological polar surface area (TPSA) is 49.4 Å². The van der Waals surface area contributed by atoms with Gasteiger partial charge >= 0.3 is 6.03 Å². The summed E-state index contributed by atoms with van der Waals surface area (Å²) in [5.74, 6) is -0.532. The Hall–Kier alpha value is -3.21. The standard InChI is InChI=1S/C21H19FN2O2/c1-2-24-14-18(19(25)13-10-15-8-11-17(22)12-9-15)20(23-21(24)26)16-6-4-3-5-7-16/h3-14,20H,2H2,1H3,(H,23,26). The van der Waals surface area contributed by atoms with Crippen LogP contribution in [-0.4, -0.2) is 23.3 Å². The van der Waals surface area contributed by atoms with Gasteiger partial charge in [0.15, 0.2) is 5.78 Å². The second kappa shape index (κ2) is 7.78. The summed E-state index contributed by atoms with van der Waals surface area (Å²) >= 11 is 0. The monoisotopic (exact) mass is 350 g/mol. The molecular weight excluding hydrogens is 331 g/mol. The summed E-state index contributed by atoms with van der Waals surface area (Å²) in [6.45, 7) is 2.31. The number of rotatable bonds is 5. The zero-order valence-electron chi connectivity index (χ0n) is 14.4. The highest BCUT2D eigenvalue weighted by atomic mass is 19.1. The number of allylic oxidation sites excluding steroid dienone is 1. The number of nitrogens with zero attached hydrogens (tertiary/aromatic N) is 1. The van der Waals surface area contributed by atoms with Crippen LogP contribution in [0.2, 0.25) is 0 Å². The third-order valence-corrected chi connectivity index (χ3v) is 4.19. The number of hydrogen-bond donors (Lipinski definition) is 1. The van der Waals surface area contributed by atoms with Gasteiger partial charge in [0, 0.05) is 18.3 Å². The van der Waals surface area contributed by atoms with Crippen LogP contribution in [0.3, 0.4) is 0 Å². The Morgan fingerprint density at radius 2 is 1.85 bits per heavy atom. The van der Waals surface area contributed by atoms with Crippen molar-refractivity contribution in [2.75, 3.05) is 6.54 Å². The second-order valence-electron chi connectivity index (χ2n) is 5.91. The van der Waals surface area contributed by atoms with Crippen LogP contribution < -0.4 is 5.32 Å². The first-order chi connectivity index (χ1) is 12.6. The molecule has 0 saturated heterocycles. The van der Waals surface area contributed by atoms with Gasteiger partial charge in [-0.3, -0.25) is 4.79 Å². The summed E-state index contributed by atoms with van der Waals surface area (Å²) in [6, 6.07) is 14.5. The van der Waals surface area contributed by atoms with E-state index in [0.717, 1.165) is 11.1 Å². The van der Waals surface area contributed by atoms with Gasteiger partial charge in [0.1, 0.15) is 5.82 Å². The summed E-state index contributed by atoms with van der Waals surface area (Å²) in [6.07, 6.45) is 4.69. The molecule has 1 N–H and O–H groups in total. The highest BCUT2D eigenvalue weighted by Gasteiger charge is 2.30. The predicted octanol–water partition coefficient (Wildman–Crippen LogP) is 4.08. The highest BCUT2D eigenvalue weighted by molar-refractivity contribution is 6.08. The van der Waals surface area contributed by atoms with E-state index in [4.69, 9.17) is 0 Å². The molecule has 26 heavy (non-hydrogen) atoms. The molecule has 3 rings (SSSR count). The molecule has 0 bridgehead atoms. The molecular formula is C21H19FN2O2. The molecule has 1 unspecified atom stereocenters. The van der Waals surface area contributed by atoms with Crippen molar-refractivity contribution in [1.82, 2.24) is 10.2 Å². The average molecular weight is 350 g/mol. The fourth-order valence-electron chi connectivity index (χ4n) is 2.78. The highest BCUT2D eigenvalue weighted by Crippen LogP contribution is 2.27. The largest absolute Gasteiger partial charge is 0.327 e. The third-order valence-electron chi connectivity index (χ3n) is 4.19. The zero-order valence-corrected chi connectivity index (χ0v) is 14.4. The van der Waals surface area contributed by atoms with Crippen molar-refractivity contribution in [3.8, 4) is 0 Å². The van der Waals surface area contributed by atoms with E-state index in [1.165, 1.54) is 23.1 Å². The van der Waals surface area contributed by atoms with E-state index in [1.54, 1.807) is 24.4 Å². The van der Waals surface area contributed by atoms with Gasteiger partial charge in [0.05, 0.1) is 6.04 Å². The van der Waals surface area contributed by atoms with Crippen molar-refractivity contribution in [3.05, 3.63) is 89.4 Å². The maximum absolute atomic E-state index is 13.0. The van der Waals surface area contributed by atoms with Crippen LogP contribution in [0.1, 0.15) is 24.1 Å². The fraction of sp³-hybridized carbons (Fsp3) is 0.143. The Labute approximate surface area is 151 Å². The Morgan fingerprint density at radius 3 is 2.50 bits per heavy atom. The number of halogens is 1. The molecule has 0 radical (unpaired) electrons. The summed E-state index contributed by atoms with van der Waals surface area (Å²) in [4.78, 5) is 26.4. The SMILES string of the molecule is CCN1C=C(C(=O)C=Cc2ccc(F)cc2)C(c2ccccc2)NC1=O. The summed E-state index contributed by atoms with van der Waals surface area (Å²) < 4.78 is 13.0. The third kappa shape index (κ3) is 3.88. The van der Waals surface area contributed by atoms with Crippen LogP contribution in [0.4, 0.5) is 9.18 Å². The lowest BCUT2D eigenvalue weighted by Gasteiger charge is -2.31. The fourth-order valence-corrected chi connectivity index (χ4v) is 2.78. The summed E-state index contributed by atoms with van der Waals surface area (Å²) in [5, 5.41) is 2.88. The minimum Gasteiger partial charge on any atom is -0.327 e. The number of amides is 2. The first kappa shape index (κ1) is 17.6. The van der Waals surface area contributed by atoms with Crippen LogP contribution in [0, 0.1) is 5.82 Å². The molecule has 2 aromatic rings. The molecule has 132 valence electrons. The Morgan fingerprint density at radius 1 is 1.15 bits per heavy atom. The zero-order chi connectivity index (χ0) is 18.5. The van der Waals surface area contributed by atoms with Gasteiger partial charge in [-0.15, -0.1) is 0 Å². The van der Waals surface area contributed by atoms with Crippen molar-refractivity contribution in [2.24, 2.45) is 0 Å². The van der Waals surface area contributed by atoms with Crippen molar-refractivity contribution in [2.45, 2.75) is 13.0 Å². The van der Waals surface area contributed by atoms with Gasteiger partial charge in [-0.05, 0) is 36.3 Å². The van der Waals surface area contributed by atoms with E-state index < -0.39 is 6.04 Å². The lowest BCUT2D eigenvalue weighted by atomic mass is 9.94. The molecule has 0 saturated carbocycles. The van der Waals surface area contributed by atoms with Crippen LogP contribution in [0.25, 0.3) is 6.08 Å². The number of urea groups is 1. The second-order valence-corrected chi connectivity index (χ2v) is 5.91. The molecule has 0 aromatic heterocycles. The molecule has 2 aromatic carbocycles. The number of carbonyl (C=O) groups is 2. The van der Waals surface area contributed by atoms with Crippen molar-refractivity contribution in [1.29, 1.82) is 0 Å². The Bertz CT molecular complexity index is 857. The summed E-state index contributed by atoms with van der Waals surface area (Å²) in [7, 11) is 0. The van der Waals surface area contributed by atoms with Crippen molar-refractivity contribution in [3.63, 3.8) is 0 Å². The predicted molar refractivity (Wildman–Crippen MR) is 98.6 cm³/mol. The minimum absolute atomic E-state index is 0.207. The number of hydrogen-bond acceptors (Lipinski definition) is 2. The van der Waals surface area contributed by atoms with E-state index in [0.29, 0.717) is 12.1 Å². The smallest absolute Gasteiger partial charge is 0.322 e. The molecule has 0 spiro atoms. The summed E-state index contributed by atoms with van der Waals surface area (Å²) in [5.41, 5.74) is 2.05. The molecule has 0 aliphatic carbocycles. The normalized spacial score (nSPS) is 17.2. The molecule has 1 aliphatic heterocycles. The first-order valence-electron chi connectivity index (χ1n) is 8.40. The maximum atomic E-state index is 13.0. The van der Waals surface area contributed by atoms with Crippen molar-refractivity contribution >= 4 is 17.9 Å². The van der Waals surface area contributed by atoms with Gasteiger partial charge < -0.3 is 10.2 Å². The average Bonchev–Trinajstić information content (AvgIpc) is 2.67. The molecule has 1 heterocycles. The molecule has 5 heteroatoms. The number of ketones is 1. The molecule has 4 nitrogen and oxygen atoms in total. The molecule has 2 amide bonds. The number of carbonyl (C=O) groups excluding carboxylic acids is 2. The van der Waals surface area contributed by atoms with Gasteiger partial charge in [-0.1, -0.05) is 48.5 Å². The van der Waals surface area contributed by atoms with Crippen molar-refractivity contribution < 1.29 is 14.0 Å². The minimum atomic E-state index is -0.503. The number of benzene rings is 2. The maximum Gasteiger partial charge on any atom is 0.322 e. The van der Waals surface area contributed by atoms with Crippen LogP contribution in [0.15, 0.2) is 72.4 Å². The van der Waals surface area contributed by atoms with Crippen LogP contribution in [0.5, 0.6) is 0 Å². The van der Waals surface area contributed by atoms with Gasteiger partial charge in [-0.2, -0.15) is 0 Å². The Balaban J connectivity index is 1.90. The molecule has 1 atom stereocenters. The van der Waals surface area contributed by atoms with Crippen LogP contribution in [-0.2, 0) is 4.79 Å². The van der Waals surface area contributed by atoms with Gasteiger partial charge in [0.2, 0.25) is 0 Å². The Kier molecular flexibility index (Phi) is 5.27. The quantitative estimate of drug-likeness (QED) is 0.826. The van der Waals surface area contributed by atoms with Gasteiger partial charge in [-0.25, -0.2) is 9.18 Å². The molecule has 1 aliphatic rings. The van der Waals surface area contributed by atoms with E-state index in [-0.39, 0.29) is 17.6 Å². The number of nitrogens with one attached hydrogen (secondary N) is 1. The van der Waals surface area contributed by atoms with Crippen LogP contribution >= 0.6 is 0 Å². The lowest BCUT2D eigenvalue weighted by molar-refractivity contribution is -0.111. The van der Waals surface area contributed by atoms with Gasteiger partial charge in [0.25, 0.3) is 0 Å². The van der Waals surface area contributed by atoms with E-state index in [2.05, 4.69) is 5.32 Å². The van der Waals surface area contributed by atoms with E-state index in [9.17, 15) is 14.0 Å². The van der Waals surface area contributed by atoms with E-state index >= 15 is 0 Å². The first-order valence-corrected chi connectivity index (χ1v) is 8.40.